The summed E-state index contributed by atoms with van der Waals surface area (Å²) in [5.74, 6) is 0.351. The molecule has 0 saturated heterocycles. The van der Waals surface area contributed by atoms with Crippen LogP contribution in [0.5, 0.6) is 0 Å². The Morgan fingerprint density at radius 1 is 1.50 bits per heavy atom. The lowest BCUT2D eigenvalue weighted by Crippen LogP contribution is -2.54. The SMILES string of the molecule is CCC(C)(C)[C@@H]1CCC[C@H](O)[C@@H]1NC(=O)c1ccco1. The maximum absolute atomic E-state index is 12.2. The average Bonchev–Trinajstić information content (AvgIpc) is 2.95. The molecule has 1 aromatic heterocycles. The van der Waals surface area contributed by atoms with Gasteiger partial charge in [0, 0.05) is 0 Å². The molecule has 2 N–H and O–H groups in total. The van der Waals surface area contributed by atoms with E-state index in [1.165, 1.54) is 6.26 Å². The fraction of sp³-hybridized carbons (Fsp3) is 0.688. The van der Waals surface area contributed by atoms with Gasteiger partial charge in [-0.3, -0.25) is 4.79 Å². The second-order valence-electron chi connectivity index (χ2n) is 6.42. The Labute approximate surface area is 120 Å². The smallest absolute Gasteiger partial charge is 0.287 e. The van der Waals surface area contributed by atoms with Crippen molar-refractivity contribution in [2.24, 2.45) is 11.3 Å². The summed E-state index contributed by atoms with van der Waals surface area (Å²) in [4.78, 5) is 12.2. The highest BCUT2D eigenvalue weighted by Crippen LogP contribution is 2.40. The molecule has 1 amide bonds. The Hall–Kier alpha value is -1.29. The predicted octanol–water partition coefficient (Wildman–Crippen LogP) is 2.98. The molecule has 20 heavy (non-hydrogen) atoms. The van der Waals surface area contributed by atoms with Crippen LogP contribution < -0.4 is 5.32 Å². The molecule has 4 nitrogen and oxygen atoms in total. The number of amides is 1. The van der Waals surface area contributed by atoms with Crippen molar-refractivity contribution in [1.82, 2.24) is 5.32 Å². The van der Waals surface area contributed by atoms with E-state index in [1.807, 2.05) is 0 Å². The zero-order chi connectivity index (χ0) is 14.8. The van der Waals surface area contributed by atoms with Crippen molar-refractivity contribution in [2.45, 2.75) is 58.6 Å². The van der Waals surface area contributed by atoms with Gasteiger partial charge in [0.05, 0.1) is 18.4 Å². The van der Waals surface area contributed by atoms with Crippen LogP contribution in [0.3, 0.4) is 0 Å². The number of nitrogens with one attached hydrogen (secondary N) is 1. The lowest BCUT2D eigenvalue weighted by atomic mass is 9.66. The van der Waals surface area contributed by atoms with Gasteiger partial charge in [-0.05, 0) is 36.3 Å². The molecule has 1 aromatic rings. The topological polar surface area (TPSA) is 62.5 Å². The molecule has 1 saturated carbocycles. The molecule has 4 heteroatoms. The van der Waals surface area contributed by atoms with E-state index in [2.05, 4.69) is 26.1 Å². The Bertz CT molecular complexity index is 439. The Balaban J connectivity index is 2.14. The van der Waals surface area contributed by atoms with Crippen molar-refractivity contribution >= 4 is 5.91 Å². The van der Waals surface area contributed by atoms with Gasteiger partial charge in [-0.1, -0.05) is 33.6 Å². The van der Waals surface area contributed by atoms with Gasteiger partial charge in [0.25, 0.3) is 5.91 Å². The summed E-state index contributed by atoms with van der Waals surface area (Å²) in [6.07, 6.45) is 4.85. The number of hydrogen-bond acceptors (Lipinski definition) is 3. The summed E-state index contributed by atoms with van der Waals surface area (Å²) in [6.45, 7) is 6.58. The van der Waals surface area contributed by atoms with Crippen LogP contribution in [0.15, 0.2) is 22.8 Å². The van der Waals surface area contributed by atoms with Crippen LogP contribution in [0.1, 0.15) is 57.0 Å². The van der Waals surface area contributed by atoms with E-state index in [4.69, 9.17) is 4.42 Å². The van der Waals surface area contributed by atoms with Crippen molar-refractivity contribution < 1.29 is 14.3 Å². The molecular formula is C16H25NO3. The van der Waals surface area contributed by atoms with Gasteiger partial charge in [0.1, 0.15) is 0 Å². The molecular weight excluding hydrogens is 254 g/mol. The van der Waals surface area contributed by atoms with E-state index in [9.17, 15) is 9.90 Å². The highest BCUT2D eigenvalue weighted by atomic mass is 16.3. The van der Waals surface area contributed by atoms with Gasteiger partial charge < -0.3 is 14.8 Å². The van der Waals surface area contributed by atoms with Gasteiger partial charge in [0.15, 0.2) is 5.76 Å². The van der Waals surface area contributed by atoms with Crippen LogP contribution in [0, 0.1) is 11.3 Å². The number of aliphatic hydroxyl groups excluding tert-OH is 1. The Morgan fingerprint density at radius 3 is 2.85 bits per heavy atom. The van der Waals surface area contributed by atoms with Gasteiger partial charge in [0.2, 0.25) is 0 Å². The first-order chi connectivity index (χ1) is 9.45. The van der Waals surface area contributed by atoms with E-state index < -0.39 is 6.10 Å². The minimum absolute atomic E-state index is 0.0997. The molecule has 0 unspecified atom stereocenters. The standard InChI is InChI=1S/C16H25NO3/c1-4-16(2,3)11-7-5-8-12(18)14(11)17-15(19)13-9-6-10-20-13/h6,9-12,14,18H,4-5,7-8H2,1-3H3,(H,17,19)/t11-,12+,14-/m1/s1. The summed E-state index contributed by atoms with van der Waals surface area (Å²) in [7, 11) is 0. The van der Waals surface area contributed by atoms with Gasteiger partial charge in [-0.25, -0.2) is 0 Å². The van der Waals surface area contributed by atoms with Gasteiger partial charge in [-0.15, -0.1) is 0 Å². The molecule has 0 spiro atoms. The second kappa shape index (κ2) is 6.00. The van der Waals surface area contributed by atoms with Crippen LogP contribution in [0.2, 0.25) is 0 Å². The summed E-state index contributed by atoms with van der Waals surface area (Å²) in [5, 5.41) is 13.3. The van der Waals surface area contributed by atoms with Crippen LogP contribution >= 0.6 is 0 Å². The summed E-state index contributed by atoms with van der Waals surface area (Å²) in [6, 6.07) is 3.14. The van der Waals surface area contributed by atoms with Crippen molar-refractivity contribution in [3.63, 3.8) is 0 Å². The largest absolute Gasteiger partial charge is 0.459 e. The number of furan rings is 1. The average molecular weight is 279 g/mol. The Morgan fingerprint density at radius 2 is 2.25 bits per heavy atom. The molecule has 3 atom stereocenters. The zero-order valence-electron chi connectivity index (χ0n) is 12.6. The van der Waals surface area contributed by atoms with Crippen LogP contribution in [0.4, 0.5) is 0 Å². The van der Waals surface area contributed by atoms with Gasteiger partial charge >= 0.3 is 0 Å². The lowest BCUT2D eigenvalue weighted by Gasteiger charge is -2.44. The molecule has 0 aliphatic heterocycles. The fourth-order valence-electron chi connectivity index (χ4n) is 3.14. The van der Waals surface area contributed by atoms with Crippen LogP contribution in [0.25, 0.3) is 0 Å². The molecule has 2 rings (SSSR count). The molecule has 0 aromatic carbocycles. The lowest BCUT2D eigenvalue weighted by molar-refractivity contribution is 0.00906. The van der Waals surface area contributed by atoms with E-state index in [0.29, 0.717) is 5.76 Å². The zero-order valence-corrected chi connectivity index (χ0v) is 12.6. The molecule has 1 aliphatic rings. The van der Waals surface area contributed by atoms with E-state index in [0.717, 1.165) is 25.7 Å². The third-order valence-electron chi connectivity index (χ3n) is 4.82. The molecule has 0 radical (unpaired) electrons. The third-order valence-corrected chi connectivity index (χ3v) is 4.82. The number of carbonyl (C=O) groups excluding carboxylic acids is 1. The molecule has 1 aliphatic carbocycles. The normalized spacial score (nSPS) is 27.3. The highest BCUT2D eigenvalue weighted by Gasteiger charge is 2.41. The summed E-state index contributed by atoms with van der Waals surface area (Å²) in [5.41, 5.74) is 0.0997. The first-order valence-corrected chi connectivity index (χ1v) is 7.48. The minimum Gasteiger partial charge on any atom is -0.459 e. The number of hydrogen-bond donors (Lipinski definition) is 2. The highest BCUT2D eigenvalue weighted by molar-refractivity contribution is 5.91. The van der Waals surface area contributed by atoms with Crippen molar-refractivity contribution in [3.05, 3.63) is 24.2 Å². The van der Waals surface area contributed by atoms with E-state index in [-0.39, 0.29) is 23.3 Å². The number of rotatable bonds is 4. The number of carbonyl (C=O) groups is 1. The van der Waals surface area contributed by atoms with Crippen molar-refractivity contribution in [1.29, 1.82) is 0 Å². The quantitative estimate of drug-likeness (QED) is 0.890. The summed E-state index contributed by atoms with van der Waals surface area (Å²) < 4.78 is 5.13. The monoisotopic (exact) mass is 279 g/mol. The fourth-order valence-corrected chi connectivity index (χ4v) is 3.14. The molecule has 0 bridgehead atoms. The van der Waals surface area contributed by atoms with E-state index >= 15 is 0 Å². The molecule has 1 heterocycles. The third kappa shape index (κ3) is 3.06. The molecule has 112 valence electrons. The first-order valence-electron chi connectivity index (χ1n) is 7.48. The maximum atomic E-state index is 12.2. The van der Waals surface area contributed by atoms with E-state index in [1.54, 1.807) is 12.1 Å². The van der Waals surface area contributed by atoms with Crippen LogP contribution in [-0.2, 0) is 0 Å². The Kier molecular flexibility index (Phi) is 4.53. The minimum atomic E-state index is -0.474. The van der Waals surface area contributed by atoms with Crippen molar-refractivity contribution in [3.8, 4) is 0 Å². The van der Waals surface area contributed by atoms with Crippen LogP contribution in [-0.4, -0.2) is 23.2 Å². The molecule has 1 fully saturated rings. The second-order valence-corrected chi connectivity index (χ2v) is 6.42. The van der Waals surface area contributed by atoms with Crippen molar-refractivity contribution in [2.75, 3.05) is 0 Å². The first kappa shape index (κ1) is 15.1. The maximum Gasteiger partial charge on any atom is 0.287 e. The van der Waals surface area contributed by atoms with Gasteiger partial charge in [-0.2, -0.15) is 0 Å². The number of aliphatic hydroxyl groups is 1. The summed E-state index contributed by atoms with van der Waals surface area (Å²) >= 11 is 0. The predicted molar refractivity (Wildman–Crippen MR) is 77.4 cm³/mol.